The van der Waals surface area contributed by atoms with Crippen LogP contribution in [0.4, 0.5) is 5.69 Å². The van der Waals surface area contributed by atoms with Crippen molar-refractivity contribution in [1.82, 2.24) is 0 Å². The maximum atomic E-state index is 3.46. The fourth-order valence-corrected chi connectivity index (χ4v) is 1.51. The molecular formula is C14H23N. The maximum Gasteiger partial charge on any atom is 0.0340 e. The average Bonchev–Trinajstić information content (AvgIpc) is 2.28. The van der Waals surface area contributed by atoms with Gasteiger partial charge in [0.1, 0.15) is 0 Å². The van der Waals surface area contributed by atoms with Crippen molar-refractivity contribution < 1.29 is 0 Å². The Balaban J connectivity index is 2.42. The second kappa shape index (κ2) is 6.49. The van der Waals surface area contributed by atoms with Crippen LogP contribution in [-0.2, 0) is 6.42 Å². The minimum atomic E-state index is 0.750. The topological polar surface area (TPSA) is 12.0 Å². The van der Waals surface area contributed by atoms with Crippen molar-refractivity contribution in [2.24, 2.45) is 5.92 Å². The highest BCUT2D eigenvalue weighted by molar-refractivity contribution is 5.44. The summed E-state index contributed by atoms with van der Waals surface area (Å²) in [5.41, 5.74) is 2.68. The van der Waals surface area contributed by atoms with Crippen LogP contribution in [0.5, 0.6) is 0 Å². The zero-order chi connectivity index (χ0) is 11.1. The van der Waals surface area contributed by atoms with Crippen molar-refractivity contribution in [3.05, 3.63) is 29.8 Å². The third-order valence-electron chi connectivity index (χ3n) is 2.84. The van der Waals surface area contributed by atoms with E-state index in [0.717, 1.165) is 12.5 Å². The number of rotatable bonds is 6. The molecule has 0 amide bonds. The zero-order valence-electron chi connectivity index (χ0n) is 10.2. The van der Waals surface area contributed by atoms with E-state index in [4.69, 9.17) is 0 Å². The van der Waals surface area contributed by atoms with E-state index in [1.54, 1.807) is 0 Å². The summed E-state index contributed by atoms with van der Waals surface area (Å²) in [7, 11) is 0. The summed E-state index contributed by atoms with van der Waals surface area (Å²) in [4.78, 5) is 0. The average molecular weight is 205 g/mol. The van der Waals surface area contributed by atoms with Crippen LogP contribution < -0.4 is 5.32 Å². The highest BCUT2D eigenvalue weighted by Crippen LogP contribution is 2.12. The molecule has 0 aliphatic rings. The van der Waals surface area contributed by atoms with Crippen molar-refractivity contribution in [3.8, 4) is 0 Å². The number of hydrogen-bond acceptors (Lipinski definition) is 1. The van der Waals surface area contributed by atoms with Gasteiger partial charge < -0.3 is 5.32 Å². The summed E-state index contributed by atoms with van der Waals surface area (Å²) < 4.78 is 0. The van der Waals surface area contributed by atoms with Crippen LogP contribution in [0.2, 0.25) is 0 Å². The van der Waals surface area contributed by atoms with Crippen molar-refractivity contribution in [2.45, 2.75) is 40.0 Å². The molecule has 1 aromatic rings. The molecule has 1 rings (SSSR count). The second-order valence-corrected chi connectivity index (χ2v) is 4.34. The molecule has 1 aromatic carbocycles. The Hall–Kier alpha value is -0.980. The van der Waals surface area contributed by atoms with Crippen LogP contribution >= 0.6 is 0 Å². The summed E-state index contributed by atoms with van der Waals surface area (Å²) in [5.74, 6) is 0.750. The lowest BCUT2D eigenvalue weighted by atomic mass is 10.1. The Morgan fingerprint density at radius 2 is 1.80 bits per heavy atom. The molecule has 0 saturated carbocycles. The van der Waals surface area contributed by atoms with Gasteiger partial charge in [0.15, 0.2) is 0 Å². The van der Waals surface area contributed by atoms with Gasteiger partial charge >= 0.3 is 0 Å². The van der Waals surface area contributed by atoms with Crippen molar-refractivity contribution in [1.29, 1.82) is 0 Å². The van der Waals surface area contributed by atoms with Crippen LogP contribution in [0.15, 0.2) is 24.3 Å². The Morgan fingerprint density at radius 1 is 1.13 bits per heavy atom. The first kappa shape index (κ1) is 12.1. The lowest BCUT2D eigenvalue weighted by molar-refractivity contribution is 0.593. The van der Waals surface area contributed by atoms with Crippen LogP contribution in [0.3, 0.4) is 0 Å². The van der Waals surface area contributed by atoms with Crippen LogP contribution in [0, 0.1) is 5.92 Å². The summed E-state index contributed by atoms with van der Waals surface area (Å²) >= 11 is 0. The van der Waals surface area contributed by atoms with E-state index in [1.165, 1.54) is 30.5 Å². The van der Waals surface area contributed by atoms with Crippen LogP contribution in [0.1, 0.15) is 39.2 Å². The van der Waals surface area contributed by atoms with E-state index >= 15 is 0 Å². The van der Waals surface area contributed by atoms with Crippen LogP contribution in [0.25, 0.3) is 0 Å². The Bertz CT molecular complexity index is 263. The predicted molar refractivity (Wildman–Crippen MR) is 68.4 cm³/mol. The van der Waals surface area contributed by atoms with E-state index in [0.29, 0.717) is 0 Å². The maximum absolute atomic E-state index is 3.46. The molecule has 15 heavy (non-hydrogen) atoms. The third kappa shape index (κ3) is 4.37. The molecule has 0 aliphatic heterocycles. The predicted octanol–water partition coefficient (Wildman–Crippen LogP) is 4.10. The molecule has 1 unspecified atom stereocenters. The van der Waals surface area contributed by atoms with Crippen molar-refractivity contribution >= 4 is 5.69 Å². The van der Waals surface area contributed by atoms with Gasteiger partial charge in [0.25, 0.3) is 0 Å². The lowest BCUT2D eigenvalue weighted by Gasteiger charge is -2.11. The number of nitrogens with one attached hydrogen (secondary N) is 1. The molecule has 0 heterocycles. The molecule has 0 aromatic heterocycles. The minimum Gasteiger partial charge on any atom is -0.385 e. The number of hydrogen-bond donors (Lipinski definition) is 1. The summed E-state index contributed by atoms with van der Waals surface area (Å²) in [6.07, 6.45) is 3.65. The summed E-state index contributed by atoms with van der Waals surface area (Å²) in [6.45, 7) is 7.80. The first-order valence-corrected chi connectivity index (χ1v) is 6.09. The monoisotopic (exact) mass is 205 g/mol. The van der Waals surface area contributed by atoms with Crippen LogP contribution in [-0.4, -0.2) is 6.54 Å². The first-order chi connectivity index (χ1) is 7.26. The van der Waals surface area contributed by atoms with Gasteiger partial charge in [-0.1, -0.05) is 45.7 Å². The first-order valence-electron chi connectivity index (χ1n) is 6.09. The molecule has 1 N–H and O–H groups in total. The highest BCUT2D eigenvalue weighted by atomic mass is 14.9. The van der Waals surface area contributed by atoms with E-state index < -0.39 is 0 Å². The highest BCUT2D eigenvalue weighted by Gasteiger charge is 1.98. The molecule has 0 fully saturated rings. The third-order valence-corrected chi connectivity index (χ3v) is 2.84. The van der Waals surface area contributed by atoms with Gasteiger partial charge in [-0.05, 0) is 30.0 Å². The molecular weight excluding hydrogens is 182 g/mol. The van der Waals surface area contributed by atoms with E-state index in [1.807, 2.05) is 0 Å². The van der Waals surface area contributed by atoms with Gasteiger partial charge in [-0.3, -0.25) is 0 Å². The van der Waals surface area contributed by atoms with Crippen molar-refractivity contribution in [3.63, 3.8) is 0 Å². The molecule has 1 nitrogen and oxygen atoms in total. The molecule has 0 radical (unpaired) electrons. The van der Waals surface area contributed by atoms with Gasteiger partial charge in [0, 0.05) is 12.2 Å². The van der Waals surface area contributed by atoms with Crippen molar-refractivity contribution in [2.75, 3.05) is 11.9 Å². The molecule has 0 spiro atoms. The largest absolute Gasteiger partial charge is 0.385 e. The molecule has 0 bridgehead atoms. The summed E-state index contributed by atoms with van der Waals surface area (Å²) in [6, 6.07) is 8.83. The Labute approximate surface area is 93.9 Å². The quantitative estimate of drug-likeness (QED) is 0.737. The molecule has 1 heteroatoms. The van der Waals surface area contributed by atoms with E-state index in [9.17, 15) is 0 Å². The minimum absolute atomic E-state index is 0.750. The van der Waals surface area contributed by atoms with Gasteiger partial charge in [0.05, 0.1) is 0 Å². The second-order valence-electron chi connectivity index (χ2n) is 4.34. The fraction of sp³-hybridized carbons (Fsp3) is 0.571. The molecule has 1 atom stereocenters. The van der Waals surface area contributed by atoms with Gasteiger partial charge in [-0.15, -0.1) is 0 Å². The van der Waals surface area contributed by atoms with E-state index in [-0.39, 0.29) is 0 Å². The Kier molecular flexibility index (Phi) is 5.23. The molecule has 0 aliphatic carbocycles. The van der Waals surface area contributed by atoms with Gasteiger partial charge in [-0.25, -0.2) is 0 Å². The molecule has 0 saturated heterocycles. The fourth-order valence-electron chi connectivity index (χ4n) is 1.51. The van der Waals surface area contributed by atoms with Gasteiger partial charge in [0.2, 0.25) is 0 Å². The zero-order valence-corrected chi connectivity index (χ0v) is 10.2. The number of anilines is 1. The molecule has 84 valence electrons. The number of aryl methyl sites for hydroxylation is 1. The smallest absolute Gasteiger partial charge is 0.0340 e. The summed E-state index contributed by atoms with van der Waals surface area (Å²) in [5, 5.41) is 3.46. The Morgan fingerprint density at radius 3 is 2.33 bits per heavy atom. The van der Waals surface area contributed by atoms with E-state index in [2.05, 4.69) is 50.4 Å². The normalized spacial score (nSPS) is 12.5. The van der Waals surface area contributed by atoms with Gasteiger partial charge in [-0.2, -0.15) is 0 Å². The lowest BCUT2D eigenvalue weighted by Crippen LogP contribution is -2.09. The number of benzene rings is 1. The SMILES string of the molecule is CCCc1ccc(NCC(C)CC)cc1. The standard InChI is InChI=1S/C14H23N/c1-4-6-13-7-9-14(10-8-13)15-11-12(3)5-2/h7-10,12,15H,4-6,11H2,1-3H3.